The molecule has 7 heteroatoms. The summed E-state index contributed by atoms with van der Waals surface area (Å²) in [5.74, 6) is 0.496. The van der Waals surface area contributed by atoms with Crippen LogP contribution in [0, 0.1) is 12.8 Å². The fourth-order valence-corrected chi connectivity index (χ4v) is 6.31. The van der Waals surface area contributed by atoms with Crippen molar-refractivity contribution in [3.8, 4) is 22.8 Å². The van der Waals surface area contributed by atoms with Crippen molar-refractivity contribution in [2.45, 2.75) is 39.3 Å². The van der Waals surface area contributed by atoms with E-state index in [1.807, 2.05) is 50.2 Å². The second-order valence-corrected chi connectivity index (χ2v) is 11.4. The number of H-pyrrole nitrogens is 1. The molecule has 0 fully saturated rings. The van der Waals surface area contributed by atoms with Gasteiger partial charge in [-0.25, -0.2) is 0 Å². The lowest BCUT2D eigenvalue weighted by Crippen LogP contribution is -2.50. The van der Waals surface area contributed by atoms with Gasteiger partial charge in [-0.2, -0.15) is 0 Å². The van der Waals surface area contributed by atoms with E-state index in [-0.39, 0.29) is 17.7 Å². The van der Waals surface area contributed by atoms with Crippen molar-refractivity contribution in [1.82, 2.24) is 9.88 Å². The average molecular weight is 588 g/mol. The van der Waals surface area contributed by atoms with E-state index < -0.39 is 12.1 Å². The topological polar surface area (TPSA) is 83.7 Å². The molecule has 2 N–H and O–H groups in total. The normalized spacial score (nSPS) is 15.6. The maximum absolute atomic E-state index is 14.5. The van der Waals surface area contributed by atoms with Crippen LogP contribution in [0.3, 0.4) is 0 Å². The molecule has 0 spiro atoms. The SMILES string of the molecule is CCC(C)C(C(=O)Nc1cc(OC)ccc1OC)N1C(=O)c2ccccc2C1c1c(-c2ccc(C)cc2)[nH]c2ccccc12. The minimum absolute atomic E-state index is 0.152. The maximum Gasteiger partial charge on any atom is 0.255 e. The molecule has 1 aliphatic heterocycles. The van der Waals surface area contributed by atoms with Crippen molar-refractivity contribution in [2.75, 3.05) is 19.5 Å². The van der Waals surface area contributed by atoms with Gasteiger partial charge in [-0.15, -0.1) is 0 Å². The van der Waals surface area contributed by atoms with Gasteiger partial charge in [0.15, 0.2) is 0 Å². The first-order valence-electron chi connectivity index (χ1n) is 15.0. The number of ether oxygens (including phenoxy) is 2. The van der Waals surface area contributed by atoms with E-state index in [9.17, 15) is 9.59 Å². The van der Waals surface area contributed by atoms with Gasteiger partial charge >= 0.3 is 0 Å². The van der Waals surface area contributed by atoms with E-state index in [0.29, 0.717) is 29.2 Å². The highest BCUT2D eigenvalue weighted by Gasteiger charge is 2.47. The van der Waals surface area contributed by atoms with Gasteiger partial charge in [-0.1, -0.05) is 86.5 Å². The first-order valence-corrected chi connectivity index (χ1v) is 15.0. The molecular formula is C37H37N3O4. The number of aromatic amines is 1. The average Bonchev–Trinajstić information content (AvgIpc) is 3.56. The molecule has 0 bridgehead atoms. The van der Waals surface area contributed by atoms with Crippen LogP contribution in [-0.4, -0.2) is 42.0 Å². The summed E-state index contributed by atoms with van der Waals surface area (Å²) < 4.78 is 11.0. The van der Waals surface area contributed by atoms with Crippen molar-refractivity contribution < 1.29 is 19.1 Å². The minimum Gasteiger partial charge on any atom is -0.497 e. The minimum atomic E-state index is -0.777. The van der Waals surface area contributed by atoms with Gasteiger partial charge in [0.2, 0.25) is 5.91 Å². The molecule has 6 rings (SSSR count). The number of anilines is 1. The number of nitrogens with one attached hydrogen (secondary N) is 2. The molecule has 1 aromatic heterocycles. The molecule has 224 valence electrons. The Morgan fingerprint density at radius 1 is 0.955 bits per heavy atom. The lowest BCUT2D eigenvalue weighted by atomic mass is 9.90. The van der Waals surface area contributed by atoms with Crippen LogP contribution in [-0.2, 0) is 4.79 Å². The van der Waals surface area contributed by atoms with Gasteiger partial charge in [-0.3, -0.25) is 9.59 Å². The van der Waals surface area contributed by atoms with Crippen LogP contribution in [0.1, 0.15) is 53.4 Å². The number of methoxy groups -OCH3 is 2. The Morgan fingerprint density at radius 3 is 2.41 bits per heavy atom. The second kappa shape index (κ2) is 11.9. The van der Waals surface area contributed by atoms with Crippen LogP contribution in [0.4, 0.5) is 5.69 Å². The molecule has 2 amide bonds. The highest BCUT2D eigenvalue weighted by atomic mass is 16.5. The number of hydrogen-bond acceptors (Lipinski definition) is 4. The standard InChI is InChI=1S/C37H37N3O4/c1-6-23(3)34(36(41)39-30-21-25(43-4)19-20-31(30)44-5)40-35(26-11-7-8-12-27(26)37(40)42)32-28-13-9-10-14-29(28)38-33(32)24-17-15-22(2)16-18-24/h7-21,23,34-35,38H,6H2,1-5H3,(H,39,41). The number of benzene rings is 4. The van der Waals surface area contributed by atoms with Crippen molar-refractivity contribution in [2.24, 2.45) is 5.92 Å². The molecule has 7 nitrogen and oxygen atoms in total. The van der Waals surface area contributed by atoms with Crippen LogP contribution < -0.4 is 14.8 Å². The Bertz CT molecular complexity index is 1840. The van der Waals surface area contributed by atoms with Crippen LogP contribution in [0.15, 0.2) is 91.0 Å². The summed E-state index contributed by atoms with van der Waals surface area (Å²) in [6.07, 6.45) is 0.693. The third-order valence-electron chi connectivity index (χ3n) is 8.77. The zero-order chi connectivity index (χ0) is 31.0. The molecule has 5 aromatic rings. The Hall–Kier alpha value is -5.04. The number of aryl methyl sites for hydroxylation is 1. The Kier molecular flexibility index (Phi) is 7.87. The van der Waals surface area contributed by atoms with Gasteiger partial charge < -0.3 is 24.7 Å². The van der Waals surface area contributed by atoms with Gasteiger partial charge in [0.05, 0.1) is 31.6 Å². The van der Waals surface area contributed by atoms with Crippen LogP contribution in [0.5, 0.6) is 11.5 Å². The summed E-state index contributed by atoms with van der Waals surface area (Å²) in [5.41, 5.74) is 7.04. The summed E-state index contributed by atoms with van der Waals surface area (Å²) in [7, 11) is 3.14. The number of amides is 2. The number of nitrogens with zero attached hydrogens (tertiary/aromatic N) is 1. The number of rotatable bonds is 9. The van der Waals surface area contributed by atoms with Gasteiger partial charge in [0.1, 0.15) is 17.5 Å². The number of hydrogen-bond donors (Lipinski definition) is 2. The smallest absolute Gasteiger partial charge is 0.255 e. The van der Waals surface area contributed by atoms with Crippen molar-refractivity contribution >= 4 is 28.4 Å². The molecule has 0 saturated heterocycles. The summed E-state index contributed by atoms with van der Waals surface area (Å²) in [6.45, 7) is 6.13. The highest BCUT2D eigenvalue weighted by Crippen LogP contribution is 2.47. The monoisotopic (exact) mass is 587 g/mol. The summed E-state index contributed by atoms with van der Waals surface area (Å²) >= 11 is 0. The fourth-order valence-electron chi connectivity index (χ4n) is 6.31. The van der Waals surface area contributed by atoms with Crippen LogP contribution in [0.25, 0.3) is 22.2 Å². The summed E-state index contributed by atoms with van der Waals surface area (Å²) in [5, 5.41) is 4.10. The lowest BCUT2D eigenvalue weighted by molar-refractivity contribution is -0.122. The van der Waals surface area contributed by atoms with Crippen LogP contribution in [0.2, 0.25) is 0 Å². The molecule has 3 unspecified atom stereocenters. The highest BCUT2D eigenvalue weighted by molar-refractivity contribution is 6.06. The largest absolute Gasteiger partial charge is 0.497 e. The fraction of sp³-hybridized carbons (Fsp3) is 0.243. The number of fused-ring (bicyclic) bond motifs is 2. The Balaban J connectivity index is 1.55. The van der Waals surface area contributed by atoms with E-state index in [2.05, 4.69) is 53.6 Å². The Labute approximate surface area is 257 Å². The second-order valence-electron chi connectivity index (χ2n) is 11.4. The number of carbonyl (C=O) groups is 2. The third kappa shape index (κ3) is 4.98. The zero-order valence-electron chi connectivity index (χ0n) is 25.7. The van der Waals surface area contributed by atoms with Crippen LogP contribution >= 0.6 is 0 Å². The first-order chi connectivity index (χ1) is 21.4. The molecular weight excluding hydrogens is 550 g/mol. The van der Waals surface area contributed by atoms with E-state index in [4.69, 9.17) is 9.47 Å². The summed E-state index contributed by atoms with van der Waals surface area (Å²) in [4.78, 5) is 34.3. The predicted octanol–water partition coefficient (Wildman–Crippen LogP) is 7.76. The molecule has 0 aliphatic carbocycles. The van der Waals surface area contributed by atoms with E-state index >= 15 is 0 Å². The van der Waals surface area contributed by atoms with Gasteiger partial charge in [0, 0.05) is 28.1 Å². The molecule has 0 radical (unpaired) electrons. The van der Waals surface area contributed by atoms with E-state index in [0.717, 1.165) is 38.9 Å². The summed E-state index contributed by atoms with van der Waals surface area (Å²) in [6, 6.07) is 28.2. The quantitative estimate of drug-likeness (QED) is 0.185. The molecule has 2 heterocycles. The molecule has 0 saturated carbocycles. The zero-order valence-corrected chi connectivity index (χ0v) is 25.7. The number of aromatic nitrogens is 1. The van der Waals surface area contributed by atoms with Crippen molar-refractivity contribution in [3.05, 3.63) is 113 Å². The predicted molar refractivity (Wildman–Crippen MR) is 174 cm³/mol. The molecule has 44 heavy (non-hydrogen) atoms. The number of carbonyl (C=O) groups excluding carboxylic acids is 2. The van der Waals surface area contributed by atoms with E-state index in [1.54, 1.807) is 37.3 Å². The number of para-hydroxylation sites is 1. The maximum atomic E-state index is 14.5. The third-order valence-corrected chi connectivity index (χ3v) is 8.77. The first kappa shape index (κ1) is 29.1. The van der Waals surface area contributed by atoms with Gasteiger partial charge in [-0.05, 0) is 48.2 Å². The van der Waals surface area contributed by atoms with E-state index in [1.165, 1.54) is 0 Å². The molecule has 1 aliphatic rings. The van der Waals surface area contributed by atoms with Crippen molar-refractivity contribution in [1.29, 1.82) is 0 Å². The molecule has 4 aromatic carbocycles. The molecule has 3 atom stereocenters. The Morgan fingerprint density at radius 2 is 1.68 bits per heavy atom. The lowest BCUT2D eigenvalue weighted by Gasteiger charge is -2.36. The van der Waals surface area contributed by atoms with Gasteiger partial charge in [0.25, 0.3) is 5.91 Å². The van der Waals surface area contributed by atoms with Crippen molar-refractivity contribution in [3.63, 3.8) is 0 Å².